The van der Waals surface area contributed by atoms with Gasteiger partial charge in [-0.05, 0) is 6.92 Å². The van der Waals surface area contributed by atoms with Gasteiger partial charge in [-0.25, -0.2) is 4.79 Å². The fourth-order valence-electron chi connectivity index (χ4n) is 1.35. The molecule has 0 spiro atoms. The van der Waals surface area contributed by atoms with Crippen LogP contribution in [0.2, 0.25) is 0 Å². The van der Waals surface area contributed by atoms with Gasteiger partial charge in [0.25, 0.3) is 5.56 Å². The van der Waals surface area contributed by atoms with E-state index in [1.54, 1.807) is 6.07 Å². The zero-order valence-corrected chi connectivity index (χ0v) is 9.41. The van der Waals surface area contributed by atoms with Crippen LogP contribution in [0.4, 0.5) is 0 Å². The quantitative estimate of drug-likeness (QED) is 0.698. The Morgan fingerprint density at radius 2 is 2.00 bits per heavy atom. The Bertz CT molecular complexity index is 662. The van der Waals surface area contributed by atoms with E-state index >= 15 is 0 Å². The number of aromatic nitrogens is 2. The molecule has 0 saturated heterocycles. The van der Waals surface area contributed by atoms with Gasteiger partial charge in [-0.15, -0.1) is 0 Å². The predicted octanol–water partition coefficient (Wildman–Crippen LogP) is -1.44. The first-order valence-electron chi connectivity index (χ1n) is 4.82. The van der Waals surface area contributed by atoms with Gasteiger partial charge < -0.3 is 5.11 Å². The molecule has 1 aromatic rings. The van der Waals surface area contributed by atoms with E-state index in [4.69, 9.17) is 10.4 Å². The number of carboxylic acid groups (broad SMARTS) is 1. The summed E-state index contributed by atoms with van der Waals surface area (Å²) in [4.78, 5) is 44.8. The van der Waals surface area contributed by atoms with E-state index in [2.05, 4.69) is 0 Å². The van der Waals surface area contributed by atoms with Gasteiger partial charge in [-0.3, -0.25) is 23.5 Å². The minimum Gasteiger partial charge on any atom is -0.480 e. The summed E-state index contributed by atoms with van der Waals surface area (Å²) in [5.74, 6) is -1.75. The van der Waals surface area contributed by atoms with E-state index in [-0.39, 0.29) is 0 Å². The smallest absolute Gasteiger partial charge is 0.332 e. The average molecular weight is 251 g/mol. The summed E-state index contributed by atoms with van der Waals surface area (Å²) in [7, 11) is 0. The number of hydrogen-bond donors (Lipinski definition) is 1. The van der Waals surface area contributed by atoms with Crippen LogP contribution in [0.3, 0.4) is 0 Å². The number of hydrogen-bond acceptors (Lipinski definition) is 5. The van der Waals surface area contributed by atoms with E-state index in [1.165, 1.54) is 6.92 Å². The summed E-state index contributed by atoms with van der Waals surface area (Å²) in [6.45, 7) is -0.00896. The first kappa shape index (κ1) is 13.4. The molecule has 0 atom stereocenters. The standard InChI is InChI=1S/C10H9N3O5/c1-6(14)3-13-9(17)7(2-11)4-12(10(13)18)5-8(15)16/h4H,3,5H2,1H3,(H,15,16). The highest BCUT2D eigenvalue weighted by Crippen LogP contribution is 1.88. The van der Waals surface area contributed by atoms with Gasteiger partial charge in [0.15, 0.2) is 0 Å². The van der Waals surface area contributed by atoms with Crippen molar-refractivity contribution in [3.05, 3.63) is 32.6 Å². The minimum absolute atomic E-state index is 0.392. The van der Waals surface area contributed by atoms with Crippen LogP contribution in [-0.2, 0) is 22.7 Å². The van der Waals surface area contributed by atoms with Crippen LogP contribution in [0.15, 0.2) is 15.8 Å². The maximum Gasteiger partial charge on any atom is 0.332 e. The lowest BCUT2D eigenvalue weighted by Crippen LogP contribution is -2.43. The maximum absolute atomic E-state index is 11.7. The molecule has 1 aromatic heterocycles. The lowest BCUT2D eigenvalue weighted by molar-refractivity contribution is -0.137. The van der Waals surface area contributed by atoms with Gasteiger partial charge >= 0.3 is 11.7 Å². The highest BCUT2D eigenvalue weighted by atomic mass is 16.4. The first-order valence-corrected chi connectivity index (χ1v) is 4.82. The number of carboxylic acids is 1. The summed E-state index contributed by atoms with van der Waals surface area (Å²) in [6, 6.07) is 1.55. The molecule has 1 N–H and O–H groups in total. The number of carbonyl (C=O) groups excluding carboxylic acids is 1. The van der Waals surface area contributed by atoms with Crippen LogP contribution in [-0.4, -0.2) is 26.0 Å². The Morgan fingerprint density at radius 1 is 1.39 bits per heavy atom. The van der Waals surface area contributed by atoms with Crippen LogP contribution >= 0.6 is 0 Å². The molecule has 0 amide bonds. The van der Waals surface area contributed by atoms with Crippen molar-refractivity contribution in [1.29, 1.82) is 5.26 Å². The normalized spacial score (nSPS) is 9.78. The van der Waals surface area contributed by atoms with Crippen molar-refractivity contribution in [2.45, 2.75) is 20.0 Å². The van der Waals surface area contributed by atoms with Crippen molar-refractivity contribution < 1.29 is 14.7 Å². The molecule has 94 valence electrons. The number of nitrogens with zero attached hydrogens (tertiary/aromatic N) is 3. The third kappa shape index (κ3) is 2.70. The van der Waals surface area contributed by atoms with E-state index in [0.29, 0.717) is 9.13 Å². The Labute approximate surface area is 100 Å². The molecule has 0 saturated carbocycles. The third-order valence-corrected chi connectivity index (χ3v) is 2.04. The molecule has 0 bridgehead atoms. The molecule has 18 heavy (non-hydrogen) atoms. The molecule has 0 aliphatic rings. The molecular formula is C10H9N3O5. The molecule has 1 rings (SSSR count). The molecule has 0 radical (unpaired) electrons. The van der Waals surface area contributed by atoms with E-state index in [1.807, 2.05) is 0 Å². The highest BCUT2D eigenvalue weighted by molar-refractivity contribution is 5.75. The first-order chi connectivity index (χ1) is 8.36. The van der Waals surface area contributed by atoms with Crippen molar-refractivity contribution in [3.8, 4) is 6.07 Å². The lowest BCUT2D eigenvalue weighted by Gasteiger charge is -2.07. The van der Waals surface area contributed by atoms with Crippen LogP contribution in [0, 0.1) is 11.3 Å². The van der Waals surface area contributed by atoms with Gasteiger partial charge in [-0.1, -0.05) is 0 Å². The Kier molecular flexibility index (Phi) is 3.78. The van der Waals surface area contributed by atoms with Crippen molar-refractivity contribution in [2.24, 2.45) is 0 Å². The summed E-state index contributed by atoms with van der Waals surface area (Å²) in [5.41, 5.74) is -2.23. The summed E-state index contributed by atoms with van der Waals surface area (Å²) in [6.07, 6.45) is 0.870. The SMILES string of the molecule is CC(=O)Cn1c(=O)c(C#N)cn(CC(=O)O)c1=O. The zero-order valence-electron chi connectivity index (χ0n) is 9.41. The predicted molar refractivity (Wildman–Crippen MR) is 58.0 cm³/mol. The topological polar surface area (TPSA) is 122 Å². The van der Waals surface area contributed by atoms with E-state index < -0.39 is 41.7 Å². The molecule has 0 unspecified atom stereocenters. The van der Waals surface area contributed by atoms with Gasteiger partial charge in [0.2, 0.25) is 0 Å². The van der Waals surface area contributed by atoms with Crippen LogP contribution in [0.5, 0.6) is 0 Å². The van der Waals surface area contributed by atoms with Crippen molar-refractivity contribution in [1.82, 2.24) is 9.13 Å². The Morgan fingerprint density at radius 3 is 2.44 bits per heavy atom. The van der Waals surface area contributed by atoms with Gasteiger partial charge in [0.1, 0.15) is 24.0 Å². The number of aliphatic carboxylic acids is 1. The molecule has 0 aliphatic heterocycles. The molecule has 8 heteroatoms. The number of ketones is 1. The number of Topliss-reactive ketones (excluding diaryl/α,β-unsaturated/α-hetero) is 1. The number of carbonyl (C=O) groups is 2. The summed E-state index contributed by atoms with van der Waals surface area (Å²) in [5, 5.41) is 17.3. The highest BCUT2D eigenvalue weighted by Gasteiger charge is 2.13. The zero-order chi connectivity index (χ0) is 13.9. The summed E-state index contributed by atoms with van der Waals surface area (Å²) >= 11 is 0. The van der Waals surface area contributed by atoms with Gasteiger partial charge in [0, 0.05) is 6.20 Å². The number of rotatable bonds is 4. The van der Waals surface area contributed by atoms with Gasteiger partial charge in [0.05, 0.1) is 6.54 Å². The van der Waals surface area contributed by atoms with Crippen LogP contribution in [0.1, 0.15) is 12.5 Å². The van der Waals surface area contributed by atoms with Crippen molar-refractivity contribution in [3.63, 3.8) is 0 Å². The number of nitriles is 1. The van der Waals surface area contributed by atoms with E-state index in [0.717, 1.165) is 6.20 Å². The van der Waals surface area contributed by atoms with Crippen LogP contribution < -0.4 is 11.2 Å². The second-order valence-corrected chi connectivity index (χ2v) is 3.55. The fraction of sp³-hybridized carbons (Fsp3) is 0.300. The Balaban J connectivity index is 3.54. The monoisotopic (exact) mass is 251 g/mol. The molecular weight excluding hydrogens is 242 g/mol. The molecule has 1 heterocycles. The molecule has 0 aliphatic carbocycles. The second kappa shape index (κ2) is 5.09. The van der Waals surface area contributed by atoms with Crippen molar-refractivity contribution >= 4 is 11.8 Å². The van der Waals surface area contributed by atoms with Crippen molar-refractivity contribution in [2.75, 3.05) is 0 Å². The maximum atomic E-state index is 11.7. The second-order valence-electron chi connectivity index (χ2n) is 3.55. The van der Waals surface area contributed by atoms with Crippen LogP contribution in [0.25, 0.3) is 0 Å². The molecule has 8 nitrogen and oxygen atoms in total. The Hall–Kier alpha value is -2.69. The summed E-state index contributed by atoms with van der Waals surface area (Å²) < 4.78 is 1.25. The average Bonchev–Trinajstić information content (AvgIpc) is 2.27. The molecule has 0 fully saturated rings. The minimum atomic E-state index is -1.30. The lowest BCUT2D eigenvalue weighted by atomic mass is 10.3. The van der Waals surface area contributed by atoms with E-state index in [9.17, 15) is 19.2 Å². The van der Waals surface area contributed by atoms with Gasteiger partial charge in [-0.2, -0.15) is 5.26 Å². The fourth-order valence-corrected chi connectivity index (χ4v) is 1.35. The largest absolute Gasteiger partial charge is 0.480 e. The molecule has 0 aromatic carbocycles. The third-order valence-electron chi connectivity index (χ3n) is 2.04.